The Hall–Kier alpha value is -3.75. The van der Waals surface area contributed by atoms with E-state index in [4.69, 9.17) is 0 Å². The molecule has 0 spiro atoms. The van der Waals surface area contributed by atoms with E-state index in [1.807, 2.05) is 36.5 Å². The number of halogens is 3. The van der Waals surface area contributed by atoms with Gasteiger partial charge < -0.3 is 15.6 Å². The number of nitrogens with one attached hydrogen (secondary N) is 3. The van der Waals surface area contributed by atoms with Crippen molar-refractivity contribution in [2.75, 3.05) is 11.9 Å². The van der Waals surface area contributed by atoms with Crippen LogP contribution < -0.4 is 10.6 Å². The molecule has 2 amide bonds. The average molecular weight is 441 g/mol. The lowest BCUT2D eigenvalue weighted by Crippen LogP contribution is -2.31. The highest BCUT2D eigenvalue weighted by Crippen LogP contribution is 2.29. The molecule has 0 aliphatic rings. The molecule has 6 nitrogen and oxygen atoms in total. The van der Waals surface area contributed by atoms with Crippen LogP contribution in [0.2, 0.25) is 0 Å². The van der Waals surface area contributed by atoms with Crippen LogP contribution in [0.5, 0.6) is 0 Å². The summed E-state index contributed by atoms with van der Waals surface area (Å²) in [6.45, 7) is 1.62. The summed E-state index contributed by atoms with van der Waals surface area (Å²) >= 11 is 0. The number of aryl methyl sites for hydroxylation is 1. The lowest BCUT2D eigenvalue weighted by molar-refractivity contribution is -0.132. The van der Waals surface area contributed by atoms with Crippen LogP contribution in [0.3, 0.4) is 0 Å². The molecule has 0 fully saturated rings. The maximum absolute atomic E-state index is 12.3. The van der Waals surface area contributed by atoms with Gasteiger partial charge in [-0.25, -0.2) is 9.48 Å². The van der Waals surface area contributed by atoms with Gasteiger partial charge in [-0.05, 0) is 41.8 Å². The molecule has 9 heteroatoms. The Morgan fingerprint density at radius 1 is 1.12 bits per heavy atom. The number of hydrogen-bond donors (Lipinski definition) is 3. The SMILES string of the molecule is CCc1ccc(-n2cc(-c3ccc4[nH]cc(NC(=O)NCCC(F)(F)F)c4c3)cn2)cc1. The highest BCUT2D eigenvalue weighted by Gasteiger charge is 2.26. The summed E-state index contributed by atoms with van der Waals surface area (Å²) in [6, 6.07) is 13.2. The minimum Gasteiger partial charge on any atom is -0.359 e. The number of aromatic amines is 1. The fraction of sp³-hybridized carbons (Fsp3) is 0.217. The van der Waals surface area contributed by atoms with Gasteiger partial charge in [-0.1, -0.05) is 25.1 Å². The zero-order valence-electron chi connectivity index (χ0n) is 17.3. The summed E-state index contributed by atoms with van der Waals surface area (Å²) < 4.78 is 38.6. The summed E-state index contributed by atoms with van der Waals surface area (Å²) in [4.78, 5) is 15.0. The highest BCUT2D eigenvalue weighted by molar-refractivity contribution is 6.02. The van der Waals surface area contributed by atoms with Crippen LogP contribution in [0, 0.1) is 0 Å². The number of carbonyl (C=O) groups excluding carboxylic acids is 1. The Bertz CT molecular complexity index is 1220. The number of aromatic nitrogens is 3. The van der Waals surface area contributed by atoms with E-state index < -0.39 is 25.2 Å². The second-order valence-electron chi connectivity index (χ2n) is 7.40. The smallest absolute Gasteiger partial charge is 0.359 e. The molecule has 166 valence electrons. The fourth-order valence-corrected chi connectivity index (χ4v) is 3.39. The van der Waals surface area contributed by atoms with Gasteiger partial charge in [0.05, 0.1) is 24.0 Å². The summed E-state index contributed by atoms with van der Waals surface area (Å²) in [5.74, 6) is 0. The average Bonchev–Trinajstić information content (AvgIpc) is 3.40. The molecule has 0 radical (unpaired) electrons. The van der Waals surface area contributed by atoms with Crippen LogP contribution in [0.25, 0.3) is 27.7 Å². The van der Waals surface area contributed by atoms with Gasteiger partial charge in [0.2, 0.25) is 0 Å². The molecule has 0 aliphatic heterocycles. The number of amides is 2. The van der Waals surface area contributed by atoms with Gasteiger partial charge in [0.25, 0.3) is 0 Å². The van der Waals surface area contributed by atoms with Crippen LogP contribution in [0.15, 0.2) is 61.1 Å². The van der Waals surface area contributed by atoms with Crippen molar-refractivity contribution in [3.63, 3.8) is 0 Å². The molecule has 4 rings (SSSR count). The normalized spacial score (nSPS) is 11.6. The molecular weight excluding hydrogens is 419 g/mol. The number of nitrogens with zero attached hydrogens (tertiary/aromatic N) is 2. The van der Waals surface area contributed by atoms with Crippen molar-refractivity contribution in [1.82, 2.24) is 20.1 Å². The number of H-pyrrole nitrogens is 1. The number of anilines is 1. The Morgan fingerprint density at radius 2 is 1.91 bits per heavy atom. The third-order valence-electron chi connectivity index (χ3n) is 5.15. The summed E-state index contributed by atoms with van der Waals surface area (Å²) in [6.07, 6.45) is 0.869. The van der Waals surface area contributed by atoms with E-state index in [0.29, 0.717) is 5.69 Å². The Kier molecular flexibility index (Phi) is 5.89. The van der Waals surface area contributed by atoms with E-state index >= 15 is 0 Å². The monoisotopic (exact) mass is 441 g/mol. The van der Waals surface area contributed by atoms with Gasteiger partial charge in [-0.2, -0.15) is 18.3 Å². The molecule has 0 unspecified atom stereocenters. The molecule has 0 saturated heterocycles. The molecule has 32 heavy (non-hydrogen) atoms. The molecule has 2 aromatic carbocycles. The fourth-order valence-electron chi connectivity index (χ4n) is 3.39. The molecule has 0 atom stereocenters. The van der Waals surface area contributed by atoms with Crippen molar-refractivity contribution in [1.29, 1.82) is 0 Å². The number of carbonyl (C=O) groups is 1. The Labute approximate surface area is 182 Å². The first-order valence-electron chi connectivity index (χ1n) is 10.2. The third-order valence-corrected chi connectivity index (χ3v) is 5.15. The maximum atomic E-state index is 12.3. The quantitative estimate of drug-likeness (QED) is 0.361. The second kappa shape index (κ2) is 8.78. The summed E-state index contributed by atoms with van der Waals surface area (Å²) in [5.41, 5.74) is 5.27. The first-order chi connectivity index (χ1) is 15.3. The molecule has 3 N–H and O–H groups in total. The van der Waals surface area contributed by atoms with E-state index in [1.165, 1.54) is 5.56 Å². The molecule has 0 aliphatic carbocycles. The van der Waals surface area contributed by atoms with Crippen molar-refractivity contribution >= 4 is 22.6 Å². The molecular formula is C23H22F3N5O. The van der Waals surface area contributed by atoms with Gasteiger partial charge >= 0.3 is 12.2 Å². The lowest BCUT2D eigenvalue weighted by Gasteiger charge is -2.09. The number of rotatable bonds is 6. The van der Waals surface area contributed by atoms with Gasteiger partial charge in [0, 0.05) is 35.4 Å². The first kappa shape index (κ1) is 21.5. The van der Waals surface area contributed by atoms with E-state index in [1.54, 1.807) is 17.1 Å². The van der Waals surface area contributed by atoms with Crippen molar-refractivity contribution in [3.05, 3.63) is 66.6 Å². The first-order valence-corrected chi connectivity index (χ1v) is 10.2. The van der Waals surface area contributed by atoms with Crippen LogP contribution in [-0.2, 0) is 6.42 Å². The highest BCUT2D eigenvalue weighted by atomic mass is 19.4. The van der Waals surface area contributed by atoms with Crippen LogP contribution in [-0.4, -0.2) is 33.5 Å². The summed E-state index contributed by atoms with van der Waals surface area (Å²) in [7, 11) is 0. The van der Waals surface area contributed by atoms with Gasteiger partial charge in [0.15, 0.2) is 0 Å². The Balaban J connectivity index is 1.51. The van der Waals surface area contributed by atoms with Crippen LogP contribution in [0.4, 0.5) is 23.7 Å². The molecule has 0 bridgehead atoms. The zero-order chi connectivity index (χ0) is 22.7. The Morgan fingerprint density at radius 3 is 2.62 bits per heavy atom. The zero-order valence-corrected chi connectivity index (χ0v) is 17.3. The van der Waals surface area contributed by atoms with E-state index in [9.17, 15) is 18.0 Å². The predicted octanol–water partition coefficient (Wildman–Crippen LogP) is 5.66. The van der Waals surface area contributed by atoms with E-state index in [0.717, 1.165) is 34.1 Å². The third kappa shape index (κ3) is 4.93. The lowest BCUT2D eigenvalue weighted by atomic mass is 10.1. The number of hydrogen-bond acceptors (Lipinski definition) is 2. The van der Waals surface area contributed by atoms with Gasteiger partial charge in [0.1, 0.15) is 0 Å². The topological polar surface area (TPSA) is 74.7 Å². The number of fused-ring (bicyclic) bond motifs is 1. The molecule has 2 aromatic heterocycles. The van der Waals surface area contributed by atoms with Crippen molar-refractivity contribution < 1.29 is 18.0 Å². The predicted molar refractivity (Wildman–Crippen MR) is 118 cm³/mol. The van der Waals surface area contributed by atoms with Crippen molar-refractivity contribution in [2.45, 2.75) is 25.9 Å². The minimum absolute atomic E-state index is 0.480. The molecule has 0 saturated carbocycles. The summed E-state index contributed by atoms with van der Waals surface area (Å²) in [5, 5.41) is 10.0. The van der Waals surface area contributed by atoms with Gasteiger partial charge in [-0.15, -0.1) is 0 Å². The minimum atomic E-state index is -4.31. The number of alkyl halides is 3. The van der Waals surface area contributed by atoms with Gasteiger partial charge in [-0.3, -0.25) is 0 Å². The standard InChI is InChI=1S/C23H22F3N5O/c1-2-15-3-6-18(7-4-15)31-14-17(12-29-31)16-5-8-20-19(11-16)21(13-28-20)30-22(32)27-10-9-23(24,25)26/h3-8,11-14,28H,2,9-10H2,1H3,(H2,27,30,32). The molecule has 2 heterocycles. The second-order valence-corrected chi connectivity index (χ2v) is 7.40. The maximum Gasteiger partial charge on any atom is 0.390 e. The van der Waals surface area contributed by atoms with Crippen molar-refractivity contribution in [3.8, 4) is 16.8 Å². The van der Waals surface area contributed by atoms with E-state index in [2.05, 4.69) is 39.8 Å². The largest absolute Gasteiger partial charge is 0.390 e. The van der Waals surface area contributed by atoms with E-state index in [-0.39, 0.29) is 0 Å². The van der Waals surface area contributed by atoms with Crippen LogP contribution in [0.1, 0.15) is 18.9 Å². The molecule has 4 aromatic rings. The number of urea groups is 1. The van der Waals surface area contributed by atoms with Crippen molar-refractivity contribution in [2.24, 2.45) is 0 Å². The van der Waals surface area contributed by atoms with Crippen LogP contribution >= 0.6 is 0 Å². The number of benzene rings is 2.